The molecule has 0 rings (SSSR count). The highest BCUT2D eigenvalue weighted by Crippen LogP contribution is 1.99. The van der Waals surface area contributed by atoms with E-state index in [1.165, 1.54) is 0 Å². The molecule has 3 nitrogen and oxygen atoms in total. The quantitative estimate of drug-likeness (QED) is 0.510. The second-order valence-corrected chi connectivity index (χ2v) is 1.81. The van der Waals surface area contributed by atoms with Gasteiger partial charge in [-0.25, -0.2) is 0 Å². The number of carbonyl (C=O) groups is 1. The first-order valence-corrected chi connectivity index (χ1v) is 2.73. The van der Waals surface area contributed by atoms with Crippen molar-refractivity contribution in [3.05, 3.63) is 12.7 Å². The van der Waals surface area contributed by atoms with Crippen LogP contribution < -0.4 is 5.73 Å². The molecule has 0 aliphatic carbocycles. The summed E-state index contributed by atoms with van der Waals surface area (Å²) >= 11 is 0. The first kappa shape index (κ1) is 8.17. The van der Waals surface area contributed by atoms with Crippen molar-refractivity contribution in [1.82, 2.24) is 0 Å². The molecule has 0 saturated heterocycles. The molecule has 0 radical (unpaired) electrons. The summed E-state index contributed by atoms with van der Waals surface area (Å²) in [6.45, 7) is 3.22. The molecular formula is C6H11NO2. The highest BCUT2D eigenvalue weighted by Gasteiger charge is 2.10. The maximum absolute atomic E-state index is 10.3. The van der Waals surface area contributed by atoms with Gasteiger partial charge in [-0.1, -0.05) is 6.08 Å². The molecule has 3 N–H and O–H groups in total. The van der Waals surface area contributed by atoms with E-state index in [0.717, 1.165) is 0 Å². The van der Waals surface area contributed by atoms with Crippen LogP contribution in [0.1, 0.15) is 6.42 Å². The van der Waals surface area contributed by atoms with Gasteiger partial charge in [0.05, 0.1) is 12.5 Å². The van der Waals surface area contributed by atoms with E-state index >= 15 is 0 Å². The SMILES string of the molecule is C=CCC(CO)C(N)=O. The summed E-state index contributed by atoms with van der Waals surface area (Å²) in [5.74, 6) is -0.931. The Morgan fingerprint density at radius 1 is 1.89 bits per heavy atom. The third kappa shape index (κ3) is 2.87. The van der Waals surface area contributed by atoms with E-state index < -0.39 is 11.8 Å². The minimum atomic E-state index is -0.475. The van der Waals surface area contributed by atoms with E-state index in [2.05, 4.69) is 6.58 Å². The first-order chi connectivity index (χ1) is 4.22. The topological polar surface area (TPSA) is 63.3 Å². The van der Waals surface area contributed by atoms with Gasteiger partial charge in [0.2, 0.25) is 5.91 Å². The fourth-order valence-corrected chi connectivity index (χ4v) is 0.482. The molecule has 3 heteroatoms. The van der Waals surface area contributed by atoms with Crippen molar-refractivity contribution in [2.45, 2.75) is 6.42 Å². The Hall–Kier alpha value is -0.830. The number of hydrogen-bond donors (Lipinski definition) is 2. The number of allylic oxidation sites excluding steroid dienone is 1. The van der Waals surface area contributed by atoms with Gasteiger partial charge in [0.25, 0.3) is 0 Å². The fraction of sp³-hybridized carbons (Fsp3) is 0.500. The van der Waals surface area contributed by atoms with E-state index in [1.54, 1.807) is 6.08 Å². The summed E-state index contributed by atoms with van der Waals surface area (Å²) < 4.78 is 0. The van der Waals surface area contributed by atoms with Crippen LogP contribution in [0.25, 0.3) is 0 Å². The Labute approximate surface area is 54.2 Å². The number of aliphatic hydroxyl groups is 1. The van der Waals surface area contributed by atoms with Crippen LogP contribution >= 0.6 is 0 Å². The van der Waals surface area contributed by atoms with Crippen molar-refractivity contribution >= 4 is 5.91 Å². The molecule has 0 heterocycles. The summed E-state index contributed by atoms with van der Waals surface area (Å²) in [5, 5.41) is 8.48. The van der Waals surface area contributed by atoms with E-state index in [1.807, 2.05) is 0 Å². The summed E-state index contributed by atoms with van der Waals surface area (Å²) in [6, 6.07) is 0. The minimum absolute atomic E-state index is 0.193. The van der Waals surface area contributed by atoms with Crippen molar-refractivity contribution in [3.63, 3.8) is 0 Å². The average molecular weight is 129 g/mol. The number of carbonyl (C=O) groups excluding carboxylic acids is 1. The maximum Gasteiger partial charge on any atom is 0.223 e. The van der Waals surface area contributed by atoms with Gasteiger partial charge < -0.3 is 10.8 Å². The average Bonchev–Trinajstić information content (AvgIpc) is 1.82. The number of amides is 1. The van der Waals surface area contributed by atoms with Crippen molar-refractivity contribution in [1.29, 1.82) is 0 Å². The monoisotopic (exact) mass is 129 g/mol. The lowest BCUT2D eigenvalue weighted by Crippen LogP contribution is -2.25. The van der Waals surface area contributed by atoms with Crippen molar-refractivity contribution in [2.24, 2.45) is 11.7 Å². The third-order valence-corrected chi connectivity index (χ3v) is 1.07. The number of aliphatic hydroxyl groups excluding tert-OH is 1. The highest BCUT2D eigenvalue weighted by molar-refractivity contribution is 5.76. The molecule has 0 bridgehead atoms. The zero-order chi connectivity index (χ0) is 7.28. The smallest absolute Gasteiger partial charge is 0.223 e. The fourth-order valence-electron chi connectivity index (χ4n) is 0.482. The van der Waals surface area contributed by atoms with E-state index in [4.69, 9.17) is 10.8 Å². The van der Waals surface area contributed by atoms with Crippen LogP contribution in [0.2, 0.25) is 0 Å². The standard InChI is InChI=1S/C6H11NO2/c1-2-3-5(4-8)6(7)9/h2,5,8H,1,3-4H2,(H2,7,9). The molecule has 9 heavy (non-hydrogen) atoms. The molecule has 0 spiro atoms. The first-order valence-electron chi connectivity index (χ1n) is 2.73. The van der Waals surface area contributed by atoms with Crippen LogP contribution in [-0.4, -0.2) is 17.6 Å². The summed E-state index contributed by atoms with van der Waals surface area (Å²) in [4.78, 5) is 10.3. The van der Waals surface area contributed by atoms with Gasteiger partial charge in [-0.3, -0.25) is 4.79 Å². The molecule has 0 fully saturated rings. The number of rotatable bonds is 4. The summed E-state index contributed by atoms with van der Waals surface area (Å²) in [7, 11) is 0. The van der Waals surface area contributed by atoms with E-state index in [0.29, 0.717) is 6.42 Å². The molecule has 0 aromatic rings. The van der Waals surface area contributed by atoms with Crippen molar-refractivity contribution in [3.8, 4) is 0 Å². The Balaban J connectivity index is 3.67. The van der Waals surface area contributed by atoms with Crippen LogP contribution in [0.3, 0.4) is 0 Å². The number of hydrogen-bond acceptors (Lipinski definition) is 2. The Morgan fingerprint density at radius 2 is 2.44 bits per heavy atom. The summed E-state index contributed by atoms with van der Waals surface area (Å²) in [5.41, 5.74) is 4.89. The van der Waals surface area contributed by atoms with Crippen molar-refractivity contribution in [2.75, 3.05) is 6.61 Å². The lowest BCUT2D eigenvalue weighted by Gasteiger charge is -2.04. The molecule has 52 valence electrons. The lowest BCUT2D eigenvalue weighted by atomic mass is 10.1. The van der Waals surface area contributed by atoms with Crippen LogP contribution in [0.15, 0.2) is 12.7 Å². The summed E-state index contributed by atoms with van der Waals surface area (Å²) in [6.07, 6.45) is 2.01. The lowest BCUT2D eigenvalue weighted by molar-refractivity contribution is -0.122. The van der Waals surface area contributed by atoms with Crippen LogP contribution in [-0.2, 0) is 4.79 Å². The van der Waals surface area contributed by atoms with Gasteiger partial charge in [0.15, 0.2) is 0 Å². The predicted molar refractivity (Wildman–Crippen MR) is 34.6 cm³/mol. The van der Waals surface area contributed by atoms with E-state index in [-0.39, 0.29) is 6.61 Å². The number of nitrogens with two attached hydrogens (primary N) is 1. The third-order valence-electron chi connectivity index (χ3n) is 1.07. The van der Waals surface area contributed by atoms with Gasteiger partial charge in [-0.15, -0.1) is 6.58 Å². The molecule has 0 aliphatic rings. The van der Waals surface area contributed by atoms with Gasteiger partial charge in [-0.2, -0.15) is 0 Å². The van der Waals surface area contributed by atoms with Crippen LogP contribution in [0.5, 0.6) is 0 Å². The second kappa shape index (κ2) is 4.09. The normalized spacial score (nSPS) is 12.6. The van der Waals surface area contributed by atoms with Gasteiger partial charge >= 0.3 is 0 Å². The molecule has 1 amide bonds. The van der Waals surface area contributed by atoms with Gasteiger partial charge in [-0.05, 0) is 6.42 Å². The molecule has 1 atom stereocenters. The molecule has 1 unspecified atom stereocenters. The second-order valence-electron chi connectivity index (χ2n) is 1.81. The molecule has 0 saturated carbocycles. The van der Waals surface area contributed by atoms with Gasteiger partial charge in [0.1, 0.15) is 0 Å². The van der Waals surface area contributed by atoms with Gasteiger partial charge in [0, 0.05) is 0 Å². The molecular weight excluding hydrogens is 118 g/mol. The largest absolute Gasteiger partial charge is 0.396 e. The molecule has 0 aromatic heterocycles. The Kier molecular flexibility index (Phi) is 3.71. The molecule has 0 aliphatic heterocycles. The van der Waals surface area contributed by atoms with Crippen LogP contribution in [0, 0.1) is 5.92 Å². The van der Waals surface area contributed by atoms with Crippen LogP contribution in [0.4, 0.5) is 0 Å². The Morgan fingerprint density at radius 3 is 2.56 bits per heavy atom. The minimum Gasteiger partial charge on any atom is -0.396 e. The zero-order valence-corrected chi connectivity index (χ0v) is 5.21. The van der Waals surface area contributed by atoms with Crippen molar-refractivity contribution < 1.29 is 9.90 Å². The zero-order valence-electron chi connectivity index (χ0n) is 5.21. The highest BCUT2D eigenvalue weighted by atomic mass is 16.3. The Bertz CT molecular complexity index is 112. The predicted octanol–water partition coefficient (Wildman–Crippen LogP) is -0.344. The number of primary amides is 1. The maximum atomic E-state index is 10.3. The van der Waals surface area contributed by atoms with E-state index in [9.17, 15) is 4.79 Å². The molecule has 0 aromatic carbocycles.